The van der Waals surface area contributed by atoms with Crippen molar-refractivity contribution < 1.29 is 0 Å². The number of hydrogen-bond acceptors (Lipinski definition) is 3. The lowest BCUT2D eigenvalue weighted by Gasteiger charge is -1.84. The van der Waals surface area contributed by atoms with Crippen LogP contribution in [0, 0.1) is 0 Å². The van der Waals surface area contributed by atoms with E-state index in [0.29, 0.717) is 5.28 Å². The Morgan fingerprint density at radius 3 is 3.33 bits per heavy atom. The molecule has 0 saturated heterocycles. The Labute approximate surface area is 61.4 Å². The topological polar surface area (TPSA) is 30.7 Å². The molecule has 1 aromatic rings. The van der Waals surface area contributed by atoms with Crippen LogP contribution in [0.1, 0.15) is 0 Å². The van der Waals surface area contributed by atoms with Crippen molar-refractivity contribution in [1.82, 2.24) is 14.8 Å². The van der Waals surface area contributed by atoms with Gasteiger partial charge >= 0.3 is 0 Å². The highest BCUT2D eigenvalue weighted by atomic mass is 35.5. The van der Waals surface area contributed by atoms with Crippen molar-refractivity contribution in [2.45, 2.75) is 11.7 Å². The number of hydrogen-bond donors (Lipinski definition) is 0. The summed E-state index contributed by atoms with van der Waals surface area (Å²) in [6.07, 6.45) is 0. The Bertz CT molecular complexity index is 212. The second-order valence-electron chi connectivity index (χ2n) is 1.74. The number of nitrogens with zero attached hydrogens (tertiary/aromatic N) is 3. The summed E-state index contributed by atoms with van der Waals surface area (Å²) >= 11 is 7.22. The molecule has 0 N–H and O–H groups in total. The molecule has 0 aliphatic carbocycles. The summed E-state index contributed by atoms with van der Waals surface area (Å²) in [5.74, 6) is 1.08. The molecule has 2 heterocycles. The monoisotopic (exact) mass is 161 g/mol. The molecule has 0 aromatic carbocycles. The second kappa shape index (κ2) is 1.88. The van der Waals surface area contributed by atoms with Gasteiger partial charge in [0.2, 0.25) is 5.28 Å². The molecule has 0 saturated carbocycles. The molecule has 3 nitrogen and oxygen atoms in total. The largest absolute Gasteiger partial charge is 0.243 e. The van der Waals surface area contributed by atoms with E-state index in [9.17, 15) is 0 Å². The third-order valence-electron chi connectivity index (χ3n) is 1.15. The summed E-state index contributed by atoms with van der Waals surface area (Å²) in [5, 5.41) is 5.24. The van der Waals surface area contributed by atoms with Gasteiger partial charge in [0.05, 0.1) is 6.54 Å². The Morgan fingerprint density at radius 1 is 1.67 bits per heavy atom. The van der Waals surface area contributed by atoms with E-state index in [0.717, 1.165) is 17.5 Å². The molecule has 0 spiro atoms. The smallest absolute Gasteiger partial charge is 0.238 e. The maximum atomic E-state index is 5.52. The molecule has 0 fully saturated rings. The molecule has 2 rings (SSSR count). The zero-order chi connectivity index (χ0) is 6.27. The Balaban J connectivity index is 2.51. The molecule has 0 unspecified atom stereocenters. The van der Waals surface area contributed by atoms with Gasteiger partial charge in [-0.1, -0.05) is 11.8 Å². The summed E-state index contributed by atoms with van der Waals surface area (Å²) in [6.45, 7) is 0.944. The first kappa shape index (κ1) is 5.56. The van der Waals surface area contributed by atoms with E-state index in [4.69, 9.17) is 11.6 Å². The fourth-order valence-electron chi connectivity index (χ4n) is 0.777. The van der Waals surface area contributed by atoms with Crippen LogP contribution in [-0.2, 0) is 6.54 Å². The first-order chi connectivity index (χ1) is 4.36. The molecule has 9 heavy (non-hydrogen) atoms. The first-order valence-corrected chi connectivity index (χ1v) is 3.96. The maximum Gasteiger partial charge on any atom is 0.243 e. The number of aryl methyl sites for hydroxylation is 1. The van der Waals surface area contributed by atoms with Gasteiger partial charge in [0.1, 0.15) is 0 Å². The SMILES string of the molecule is Clc1nc2n(n1)CCS2. The normalized spacial score (nSPS) is 16.1. The number of aromatic nitrogens is 3. The van der Waals surface area contributed by atoms with Gasteiger partial charge in [-0.25, -0.2) is 4.68 Å². The third-order valence-corrected chi connectivity index (χ3v) is 2.25. The minimum Gasteiger partial charge on any atom is -0.238 e. The second-order valence-corrected chi connectivity index (χ2v) is 3.14. The summed E-state index contributed by atoms with van der Waals surface area (Å²) in [4.78, 5) is 3.97. The summed E-state index contributed by atoms with van der Waals surface area (Å²) in [6, 6.07) is 0. The van der Waals surface area contributed by atoms with Crippen molar-refractivity contribution in [1.29, 1.82) is 0 Å². The minimum absolute atomic E-state index is 0.359. The zero-order valence-electron chi connectivity index (χ0n) is 4.54. The fraction of sp³-hybridized carbons (Fsp3) is 0.500. The molecule has 1 aromatic heterocycles. The summed E-state index contributed by atoms with van der Waals surface area (Å²) in [5.41, 5.74) is 0. The maximum absolute atomic E-state index is 5.52. The van der Waals surface area contributed by atoms with Gasteiger partial charge in [0.15, 0.2) is 5.16 Å². The Hall–Kier alpha value is -0.220. The van der Waals surface area contributed by atoms with Gasteiger partial charge in [-0.3, -0.25) is 0 Å². The number of fused-ring (bicyclic) bond motifs is 1. The van der Waals surface area contributed by atoms with E-state index >= 15 is 0 Å². The lowest BCUT2D eigenvalue weighted by atomic mass is 10.8. The highest BCUT2D eigenvalue weighted by Crippen LogP contribution is 2.23. The van der Waals surface area contributed by atoms with Crippen molar-refractivity contribution in [2.75, 3.05) is 5.75 Å². The number of rotatable bonds is 0. The Kier molecular flexibility index (Phi) is 1.16. The van der Waals surface area contributed by atoms with Crippen LogP contribution in [0.5, 0.6) is 0 Å². The van der Waals surface area contributed by atoms with Crippen molar-refractivity contribution in [3.63, 3.8) is 0 Å². The van der Waals surface area contributed by atoms with Crippen molar-refractivity contribution in [3.05, 3.63) is 5.28 Å². The average molecular weight is 162 g/mol. The van der Waals surface area contributed by atoms with Crippen LogP contribution in [-0.4, -0.2) is 20.5 Å². The highest BCUT2D eigenvalue weighted by Gasteiger charge is 2.14. The molecular weight excluding hydrogens is 158 g/mol. The van der Waals surface area contributed by atoms with Crippen LogP contribution in [0.2, 0.25) is 5.28 Å². The quantitative estimate of drug-likeness (QED) is 0.570. The van der Waals surface area contributed by atoms with E-state index in [-0.39, 0.29) is 0 Å². The highest BCUT2D eigenvalue weighted by molar-refractivity contribution is 7.99. The number of halogens is 1. The van der Waals surface area contributed by atoms with E-state index < -0.39 is 0 Å². The van der Waals surface area contributed by atoms with Crippen LogP contribution in [0.25, 0.3) is 0 Å². The van der Waals surface area contributed by atoms with Crippen LogP contribution < -0.4 is 0 Å². The molecule has 5 heteroatoms. The molecule has 0 atom stereocenters. The molecule has 1 aliphatic heterocycles. The van der Waals surface area contributed by atoms with Crippen LogP contribution in [0.3, 0.4) is 0 Å². The van der Waals surface area contributed by atoms with Crippen LogP contribution >= 0.6 is 23.4 Å². The minimum atomic E-state index is 0.359. The molecule has 1 aliphatic rings. The van der Waals surface area contributed by atoms with E-state index in [1.807, 2.05) is 4.68 Å². The lowest BCUT2D eigenvalue weighted by Crippen LogP contribution is -1.94. The lowest BCUT2D eigenvalue weighted by molar-refractivity contribution is 0.625. The van der Waals surface area contributed by atoms with E-state index in [1.54, 1.807) is 11.8 Å². The first-order valence-electron chi connectivity index (χ1n) is 2.59. The van der Waals surface area contributed by atoms with Gasteiger partial charge in [0, 0.05) is 5.75 Å². The van der Waals surface area contributed by atoms with Crippen molar-refractivity contribution in [3.8, 4) is 0 Å². The van der Waals surface area contributed by atoms with Gasteiger partial charge in [-0.2, -0.15) is 4.98 Å². The molecule has 0 bridgehead atoms. The molecule has 0 radical (unpaired) electrons. The van der Waals surface area contributed by atoms with Crippen molar-refractivity contribution >= 4 is 23.4 Å². The molecule has 0 amide bonds. The average Bonchev–Trinajstić information content (AvgIpc) is 2.22. The summed E-state index contributed by atoms with van der Waals surface area (Å²) < 4.78 is 1.83. The standard InChI is InChI=1S/C4H4ClN3S/c5-3-6-4-8(7-3)1-2-9-4/h1-2H2. The van der Waals surface area contributed by atoms with Gasteiger partial charge < -0.3 is 0 Å². The van der Waals surface area contributed by atoms with E-state index in [1.165, 1.54) is 0 Å². The molecular formula is C4H4ClN3S. The fourth-order valence-corrected chi connectivity index (χ4v) is 1.88. The van der Waals surface area contributed by atoms with Gasteiger partial charge in [-0.05, 0) is 11.6 Å². The zero-order valence-corrected chi connectivity index (χ0v) is 6.11. The third kappa shape index (κ3) is 0.822. The van der Waals surface area contributed by atoms with Crippen molar-refractivity contribution in [2.24, 2.45) is 0 Å². The van der Waals surface area contributed by atoms with Gasteiger partial charge in [-0.15, -0.1) is 5.10 Å². The van der Waals surface area contributed by atoms with Gasteiger partial charge in [0.25, 0.3) is 0 Å². The Morgan fingerprint density at radius 2 is 2.56 bits per heavy atom. The van der Waals surface area contributed by atoms with E-state index in [2.05, 4.69) is 10.1 Å². The predicted molar refractivity (Wildman–Crippen MR) is 35.8 cm³/mol. The summed E-state index contributed by atoms with van der Waals surface area (Å²) in [7, 11) is 0. The molecule has 48 valence electrons. The number of thioether (sulfide) groups is 1. The van der Waals surface area contributed by atoms with Crippen LogP contribution in [0.4, 0.5) is 0 Å². The van der Waals surface area contributed by atoms with Crippen LogP contribution in [0.15, 0.2) is 5.16 Å². The predicted octanol–water partition coefficient (Wildman–Crippen LogP) is 1.04.